The van der Waals surface area contributed by atoms with Crippen LogP contribution in [0.5, 0.6) is 5.75 Å². The van der Waals surface area contributed by atoms with Crippen LogP contribution in [-0.2, 0) is 16.5 Å². The lowest BCUT2D eigenvalue weighted by atomic mass is 10.0. The Morgan fingerprint density at radius 2 is 1.86 bits per heavy atom. The lowest BCUT2D eigenvalue weighted by molar-refractivity contribution is 0.346. The zero-order valence-electron chi connectivity index (χ0n) is 11.4. The maximum atomic E-state index is 11.5. The molecule has 110 valence electrons. The quantitative estimate of drug-likeness (QED) is 0.694. The van der Waals surface area contributed by atoms with Crippen LogP contribution in [-0.4, -0.2) is 25.8 Å². The molecule has 0 bridgehead atoms. The maximum absolute atomic E-state index is 11.5. The third-order valence-electron chi connectivity index (χ3n) is 3.45. The minimum atomic E-state index is -4.30. The van der Waals surface area contributed by atoms with E-state index in [0.29, 0.717) is 13.0 Å². The Morgan fingerprint density at radius 1 is 1.14 bits per heavy atom. The number of rotatable bonds is 3. The van der Waals surface area contributed by atoms with Gasteiger partial charge in [0.2, 0.25) is 0 Å². The standard InChI is InChI=1S/C15H14O4S2/c1-20-13-4-2-10(3-5-13)12-8-11-6-7-19-15(11)14(9-12)21(16,17)18/h2-5,8-9H,6-7H2,1H3,(H,16,17,18). The molecule has 0 spiro atoms. The molecule has 0 atom stereocenters. The van der Waals surface area contributed by atoms with Gasteiger partial charge in [-0.3, -0.25) is 4.55 Å². The smallest absolute Gasteiger partial charge is 0.298 e. The first-order valence-corrected chi connectivity index (χ1v) is 9.07. The van der Waals surface area contributed by atoms with Crippen molar-refractivity contribution >= 4 is 21.9 Å². The van der Waals surface area contributed by atoms with Crippen LogP contribution in [0.1, 0.15) is 5.56 Å². The van der Waals surface area contributed by atoms with Gasteiger partial charge in [0.05, 0.1) is 6.61 Å². The summed E-state index contributed by atoms with van der Waals surface area (Å²) < 4.78 is 37.8. The molecule has 1 aliphatic rings. The van der Waals surface area contributed by atoms with Crippen molar-refractivity contribution in [3.05, 3.63) is 42.0 Å². The third-order valence-corrected chi connectivity index (χ3v) is 5.05. The van der Waals surface area contributed by atoms with Crippen molar-refractivity contribution in [2.45, 2.75) is 16.2 Å². The Balaban J connectivity index is 2.15. The molecular weight excluding hydrogens is 308 g/mol. The summed E-state index contributed by atoms with van der Waals surface area (Å²) >= 11 is 1.64. The third kappa shape index (κ3) is 2.79. The fourth-order valence-corrected chi connectivity index (χ4v) is 3.52. The molecule has 1 aliphatic heterocycles. The molecule has 1 N–H and O–H groups in total. The second kappa shape index (κ2) is 5.36. The van der Waals surface area contributed by atoms with Crippen LogP contribution in [0, 0.1) is 0 Å². The molecule has 1 heterocycles. The van der Waals surface area contributed by atoms with Gasteiger partial charge in [-0.25, -0.2) is 0 Å². The van der Waals surface area contributed by atoms with Gasteiger partial charge in [0, 0.05) is 11.3 Å². The normalized spacial score (nSPS) is 13.8. The number of hydrogen-bond donors (Lipinski definition) is 1. The van der Waals surface area contributed by atoms with Crippen LogP contribution in [0.4, 0.5) is 0 Å². The first-order chi connectivity index (χ1) is 9.99. The van der Waals surface area contributed by atoms with Crippen LogP contribution < -0.4 is 4.74 Å². The molecule has 21 heavy (non-hydrogen) atoms. The Labute approximate surface area is 127 Å². The van der Waals surface area contributed by atoms with E-state index >= 15 is 0 Å². The van der Waals surface area contributed by atoms with Crippen LogP contribution >= 0.6 is 11.8 Å². The van der Waals surface area contributed by atoms with Crippen molar-refractivity contribution in [1.82, 2.24) is 0 Å². The first kappa shape index (κ1) is 14.4. The Kier molecular flexibility index (Phi) is 3.69. The average Bonchev–Trinajstić information content (AvgIpc) is 2.93. The molecule has 4 nitrogen and oxygen atoms in total. The van der Waals surface area contributed by atoms with Gasteiger partial charge in [0.1, 0.15) is 10.6 Å². The van der Waals surface area contributed by atoms with E-state index in [0.717, 1.165) is 21.6 Å². The van der Waals surface area contributed by atoms with Gasteiger partial charge >= 0.3 is 0 Å². The predicted molar refractivity (Wildman–Crippen MR) is 82.7 cm³/mol. The highest BCUT2D eigenvalue weighted by Gasteiger charge is 2.25. The summed E-state index contributed by atoms with van der Waals surface area (Å²) in [6.45, 7) is 0.437. The van der Waals surface area contributed by atoms with E-state index in [9.17, 15) is 13.0 Å². The van der Waals surface area contributed by atoms with Crippen LogP contribution in [0.2, 0.25) is 0 Å². The minimum Gasteiger partial charge on any atom is -0.491 e. The van der Waals surface area contributed by atoms with Gasteiger partial charge in [-0.05, 0) is 47.2 Å². The molecule has 0 saturated carbocycles. The topological polar surface area (TPSA) is 63.6 Å². The highest BCUT2D eigenvalue weighted by atomic mass is 32.2. The number of benzene rings is 2. The second-order valence-electron chi connectivity index (χ2n) is 4.76. The van der Waals surface area contributed by atoms with E-state index in [1.807, 2.05) is 36.6 Å². The van der Waals surface area contributed by atoms with Gasteiger partial charge in [0.25, 0.3) is 10.1 Å². The van der Waals surface area contributed by atoms with E-state index in [1.54, 1.807) is 11.8 Å². The summed E-state index contributed by atoms with van der Waals surface area (Å²) in [6, 6.07) is 11.2. The Morgan fingerprint density at radius 3 is 2.48 bits per heavy atom. The van der Waals surface area contributed by atoms with Crippen molar-refractivity contribution in [1.29, 1.82) is 0 Å². The molecule has 0 saturated heterocycles. The van der Waals surface area contributed by atoms with Crippen molar-refractivity contribution < 1.29 is 17.7 Å². The molecule has 0 aromatic heterocycles. The van der Waals surface area contributed by atoms with Crippen molar-refractivity contribution in [3.8, 4) is 16.9 Å². The molecule has 3 rings (SSSR count). The van der Waals surface area contributed by atoms with E-state index < -0.39 is 10.1 Å². The second-order valence-corrected chi connectivity index (χ2v) is 7.03. The van der Waals surface area contributed by atoms with E-state index in [2.05, 4.69) is 0 Å². The van der Waals surface area contributed by atoms with Crippen molar-refractivity contribution in [3.63, 3.8) is 0 Å². The highest BCUT2D eigenvalue weighted by Crippen LogP contribution is 2.37. The fourth-order valence-electron chi connectivity index (χ4n) is 2.41. The number of hydrogen-bond acceptors (Lipinski definition) is 4. The molecular formula is C15H14O4S2. The number of thioether (sulfide) groups is 1. The van der Waals surface area contributed by atoms with Gasteiger partial charge in [0.15, 0.2) is 0 Å². The van der Waals surface area contributed by atoms with Crippen molar-refractivity contribution in [2.75, 3.05) is 12.9 Å². The predicted octanol–water partition coefficient (Wildman–Crippen LogP) is 3.26. The first-order valence-electron chi connectivity index (χ1n) is 6.40. The fraction of sp³-hybridized carbons (Fsp3) is 0.200. The zero-order valence-corrected chi connectivity index (χ0v) is 13.0. The van der Waals surface area contributed by atoms with Crippen LogP contribution in [0.3, 0.4) is 0 Å². The summed E-state index contributed by atoms with van der Waals surface area (Å²) in [7, 11) is -4.30. The average molecular weight is 322 g/mol. The summed E-state index contributed by atoms with van der Waals surface area (Å²) in [6.07, 6.45) is 2.65. The summed E-state index contributed by atoms with van der Waals surface area (Å²) in [5.74, 6) is 0.280. The Bertz CT molecular complexity index is 780. The zero-order chi connectivity index (χ0) is 15.0. The van der Waals surface area contributed by atoms with Gasteiger partial charge in [-0.2, -0.15) is 8.42 Å². The van der Waals surface area contributed by atoms with E-state index in [-0.39, 0.29) is 10.6 Å². The number of fused-ring (bicyclic) bond motifs is 1. The minimum absolute atomic E-state index is 0.151. The van der Waals surface area contributed by atoms with Gasteiger partial charge in [-0.15, -0.1) is 11.8 Å². The summed E-state index contributed by atoms with van der Waals surface area (Å²) in [5, 5.41) is 0. The molecule has 6 heteroatoms. The van der Waals surface area contributed by atoms with Crippen LogP contribution in [0.25, 0.3) is 11.1 Å². The van der Waals surface area contributed by atoms with E-state index in [4.69, 9.17) is 4.74 Å². The van der Waals surface area contributed by atoms with E-state index in [1.165, 1.54) is 6.07 Å². The molecule has 2 aromatic rings. The number of ether oxygens (including phenoxy) is 1. The molecule has 0 radical (unpaired) electrons. The van der Waals surface area contributed by atoms with Crippen molar-refractivity contribution in [2.24, 2.45) is 0 Å². The monoisotopic (exact) mass is 322 g/mol. The lowest BCUT2D eigenvalue weighted by Gasteiger charge is -2.09. The maximum Gasteiger partial charge on any atom is 0.298 e. The SMILES string of the molecule is CSc1ccc(-c2cc3c(c(S(=O)(=O)O)c2)OCC3)cc1. The molecule has 0 fully saturated rings. The summed E-state index contributed by atoms with van der Waals surface area (Å²) in [5.41, 5.74) is 2.49. The molecule has 0 aliphatic carbocycles. The Hall–Kier alpha value is -1.50. The van der Waals surface area contributed by atoms with Gasteiger partial charge in [-0.1, -0.05) is 12.1 Å². The lowest BCUT2D eigenvalue weighted by Crippen LogP contribution is -2.01. The molecule has 0 amide bonds. The highest BCUT2D eigenvalue weighted by molar-refractivity contribution is 7.98. The molecule has 2 aromatic carbocycles. The van der Waals surface area contributed by atoms with Crippen LogP contribution in [0.15, 0.2) is 46.2 Å². The molecule has 0 unspecified atom stereocenters. The summed E-state index contributed by atoms with van der Waals surface area (Å²) in [4.78, 5) is 0.986. The largest absolute Gasteiger partial charge is 0.491 e. The van der Waals surface area contributed by atoms with Gasteiger partial charge < -0.3 is 4.74 Å².